The van der Waals surface area contributed by atoms with Gasteiger partial charge in [0.25, 0.3) is 0 Å². The van der Waals surface area contributed by atoms with Gasteiger partial charge < -0.3 is 14.2 Å². The average Bonchev–Trinajstić information content (AvgIpc) is 3.45. The number of unbranched alkanes of at least 4 members (excludes halogenated alkanes) is 43. The topological polar surface area (TPSA) is 78.9 Å². The van der Waals surface area contributed by atoms with Crippen LogP contribution in [0, 0.1) is 0 Å². The molecule has 1 atom stereocenters. The van der Waals surface area contributed by atoms with Crippen molar-refractivity contribution in [1.82, 2.24) is 0 Å². The number of rotatable bonds is 64. The normalized spacial score (nSPS) is 12.4. The molecule has 0 rings (SSSR count). The molecule has 0 radical (unpaired) electrons. The van der Waals surface area contributed by atoms with Crippen molar-refractivity contribution >= 4 is 17.9 Å². The quantitative estimate of drug-likeness (QED) is 0.0261. The Morgan fingerprint density at radius 1 is 0.253 bits per heavy atom. The number of carbonyl (C=O) groups excluding carboxylic acids is 3. The molecule has 0 aliphatic rings. The molecule has 0 amide bonds. The lowest BCUT2D eigenvalue weighted by atomic mass is 10.0. The Hall–Kier alpha value is -2.89. The van der Waals surface area contributed by atoms with Gasteiger partial charge in [0.05, 0.1) is 0 Å². The van der Waals surface area contributed by atoms with E-state index in [0.29, 0.717) is 19.3 Å². The maximum absolute atomic E-state index is 12.9. The first-order valence-corrected chi connectivity index (χ1v) is 34.8. The third-order valence-electron chi connectivity index (χ3n) is 15.5. The van der Waals surface area contributed by atoms with E-state index < -0.39 is 6.10 Å². The maximum Gasteiger partial charge on any atom is 0.306 e. The van der Waals surface area contributed by atoms with E-state index in [-0.39, 0.29) is 31.1 Å². The third kappa shape index (κ3) is 65.8. The predicted molar refractivity (Wildman–Crippen MR) is 344 cm³/mol. The second-order valence-electron chi connectivity index (χ2n) is 23.4. The highest BCUT2D eigenvalue weighted by Crippen LogP contribution is 2.18. The Labute approximate surface area is 491 Å². The summed E-state index contributed by atoms with van der Waals surface area (Å²) < 4.78 is 17.0. The van der Waals surface area contributed by atoms with Crippen LogP contribution in [0.1, 0.15) is 367 Å². The lowest BCUT2D eigenvalue weighted by molar-refractivity contribution is -0.167. The molecule has 0 aromatic carbocycles. The molecule has 0 aliphatic carbocycles. The highest BCUT2D eigenvalue weighted by molar-refractivity contribution is 5.71. The number of hydrogen-bond acceptors (Lipinski definition) is 6. The van der Waals surface area contributed by atoms with Gasteiger partial charge in [-0.3, -0.25) is 14.4 Å². The Morgan fingerprint density at radius 3 is 0.759 bits per heavy atom. The Balaban J connectivity index is 4.25. The first-order chi connectivity index (χ1) is 39.0. The fourth-order valence-corrected chi connectivity index (χ4v) is 10.3. The van der Waals surface area contributed by atoms with Gasteiger partial charge in [-0.15, -0.1) is 0 Å². The molecule has 0 saturated heterocycles. The molecule has 6 nitrogen and oxygen atoms in total. The molecule has 0 spiro atoms. The lowest BCUT2D eigenvalue weighted by Gasteiger charge is -2.18. The molecule has 0 saturated carbocycles. The number of esters is 3. The third-order valence-corrected chi connectivity index (χ3v) is 15.5. The minimum atomic E-state index is -0.780. The summed E-state index contributed by atoms with van der Waals surface area (Å²) in [6.07, 6.45) is 86.7. The van der Waals surface area contributed by atoms with Gasteiger partial charge in [0.1, 0.15) is 13.2 Å². The molecule has 0 fully saturated rings. The van der Waals surface area contributed by atoms with E-state index >= 15 is 0 Å². The zero-order chi connectivity index (χ0) is 57.1. The van der Waals surface area contributed by atoms with Crippen LogP contribution in [0.2, 0.25) is 0 Å². The standard InChI is InChI=1S/C73H132O6/c1-4-7-10-13-16-19-22-25-27-29-31-33-34-35-36-37-38-40-41-43-45-48-51-54-57-60-63-66-72(75)78-69-70(68-77-71(74)65-62-59-56-53-50-47-24-21-18-15-12-9-6-3)79-73(76)67-64-61-58-55-52-49-46-44-42-39-32-30-28-26-23-20-17-14-11-8-5-2/h12,15,21-22,24-25,29,31,34-35,70H,4-11,13-14,16-20,23,26-28,30,32-33,36-69H2,1-3H3/b15-12-,24-21-,25-22-,31-29-,35-34-. The van der Waals surface area contributed by atoms with Crippen LogP contribution in [0.3, 0.4) is 0 Å². The van der Waals surface area contributed by atoms with Crippen LogP contribution in [0.5, 0.6) is 0 Å². The summed E-state index contributed by atoms with van der Waals surface area (Å²) in [4.78, 5) is 38.4. The van der Waals surface area contributed by atoms with Crippen molar-refractivity contribution in [1.29, 1.82) is 0 Å². The van der Waals surface area contributed by atoms with Gasteiger partial charge in [0, 0.05) is 19.3 Å². The molecule has 460 valence electrons. The number of hydrogen-bond donors (Lipinski definition) is 0. The highest BCUT2D eigenvalue weighted by Gasteiger charge is 2.19. The Morgan fingerprint density at radius 2 is 0.481 bits per heavy atom. The van der Waals surface area contributed by atoms with Crippen molar-refractivity contribution in [3.8, 4) is 0 Å². The molecule has 0 bridgehead atoms. The first kappa shape index (κ1) is 76.1. The number of allylic oxidation sites excluding steroid dienone is 10. The smallest absolute Gasteiger partial charge is 0.306 e. The fourth-order valence-electron chi connectivity index (χ4n) is 10.3. The minimum absolute atomic E-state index is 0.0761. The van der Waals surface area contributed by atoms with Crippen LogP contribution in [0.15, 0.2) is 60.8 Å². The molecular formula is C73H132O6. The monoisotopic (exact) mass is 1110 g/mol. The summed E-state index contributed by atoms with van der Waals surface area (Å²) in [6.45, 7) is 6.61. The summed E-state index contributed by atoms with van der Waals surface area (Å²) in [5.41, 5.74) is 0. The minimum Gasteiger partial charge on any atom is -0.462 e. The van der Waals surface area contributed by atoms with Gasteiger partial charge in [0.15, 0.2) is 6.10 Å². The lowest BCUT2D eigenvalue weighted by Crippen LogP contribution is -2.30. The zero-order valence-electron chi connectivity index (χ0n) is 52.9. The van der Waals surface area contributed by atoms with E-state index in [0.717, 1.165) is 96.3 Å². The zero-order valence-corrected chi connectivity index (χ0v) is 52.9. The Kier molecular flexibility index (Phi) is 65.1. The van der Waals surface area contributed by atoms with Crippen LogP contribution >= 0.6 is 0 Å². The number of carbonyl (C=O) groups is 3. The second-order valence-corrected chi connectivity index (χ2v) is 23.4. The molecule has 0 aliphatic heterocycles. The first-order valence-electron chi connectivity index (χ1n) is 34.8. The van der Waals surface area contributed by atoms with E-state index in [4.69, 9.17) is 14.2 Å². The summed E-state index contributed by atoms with van der Waals surface area (Å²) in [5, 5.41) is 0. The van der Waals surface area contributed by atoms with E-state index in [2.05, 4.69) is 81.5 Å². The number of ether oxygens (including phenoxy) is 3. The SMILES string of the molecule is CCC/C=C\C/C=C\CCCCCCCC(=O)OCC(COC(=O)CCCCCCCCCCCCCC/C=C\C/C=C\C/C=C\CCCCCCC)OC(=O)CCCCCCCCCCCCCCCCCCCCCCC. The van der Waals surface area contributed by atoms with Crippen LogP contribution in [0.25, 0.3) is 0 Å². The average molecular weight is 1110 g/mol. The molecule has 6 heteroatoms. The molecule has 0 N–H and O–H groups in total. The van der Waals surface area contributed by atoms with Crippen molar-refractivity contribution in [2.75, 3.05) is 13.2 Å². The summed E-state index contributed by atoms with van der Waals surface area (Å²) >= 11 is 0. The maximum atomic E-state index is 12.9. The van der Waals surface area contributed by atoms with Crippen LogP contribution in [0.4, 0.5) is 0 Å². The molecule has 0 aromatic rings. The summed E-state index contributed by atoms with van der Waals surface area (Å²) in [7, 11) is 0. The van der Waals surface area contributed by atoms with Crippen molar-refractivity contribution < 1.29 is 28.6 Å². The fraction of sp³-hybridized carbons (Fsp3) is 0.822. The molecular weight excluding hydrogens is 973 g/mol. The van der Waals surface area contributed by atoms with Crippen molar-refractivity contribution in [2.45, 2.75) is 374 Å². The van der Waals surface area contributed by atoms with E-state index in [1.165, 1.54) is 231 Å². The van der Waals surface area contributed by atoms with Gasteiger partial charge >= 0.3 is 17.9 Å². The van der Waals surface area contributed by atoms with E-state index in [1.54, 1.807) is 0 Å². The summed E-state index contributed by atoms with van der Waals surface area (Å²) in [5.74, 6) is -0.870. The Bertz CT molecular complexity index is 1410. The van der Waals surface area contributed by atoms with Crippen molar-refractivity contribution in [3.63, 3.8) is 0 Å². The summed E-state index contributed by atoms with van der Waals surface area (Å²) in [6, 6.07) is 0. The van der Waals surface area contributed by atoms with Crippen molar-refractivity contribution in [3.05, 3.63) is 60.8 Å². The highest BCUT2D eigenvalue weighted by atomic mass is 16.6. The molecule has 79 heavy (non-hydrogen) atoms. The van der Waals surface area contributed by atoms with Gasteiger partial charge in [-0.25, -0.2) is 0 Å². The largest absolute Gasteiger partial charge is 0.462 e. The van der Waals surface area contributed by atoms with Gasteiger partial charge in [-0.05, 0) is 83.5 Å². The van der Waals surface area contributed by atoms with Gasteiger partial charge in [-0.1, -0.05) is 326 Å². The predicted octanol–water partition coefficient (Wildman–Crippen LogP) is 23.9. The molecule has 0 heterocycles. The molecule has 0 aromatic heterocycles. The second kappa shape index (κ2) is 67.6. The van der Waals surface area contributed by atoms with Crippen LogP contribution < -0.4 is 0 Å². The molecule has 1 unspecified atom stereocenters. The van der Waals surface area contributed by atoms with Crippen LogP contribution in [-0.4, -0.2) is 37.2 Å². The van der Waals surface area contributed by atoms with Gasteiger partial charge in [0.2, 0.25) is 0 Å². The van der Waals surface area contributed by atoms with E-state index in [1.807, 2.05) is 0 Å². The van der Waals surface area contributed by atoms with Crippen molar-refractivity contribution in [2.24, 2.45) is 0 Å². The van der Waals surface area contributed by atoms with Crippen LogP contribution in [-0.2, 0) is 28.6 Å². The van der Waals surface area contributed by atoms with Gasteiger partial charge in [-0.2, -0.15) is 0 Å². The van der Waals surface area contributed by atoms with E-state index in [9.17, 15) is 14.4 Å².